The van der Waals surface area contributed by atoms with E-state index in [2.05, 4.69) is 0 Å². The van der Waals surface area contributed by atoms with E-state index >= 15 is 0 Å². The second-order valence-corrected chi connectivity index (χ2v) is 4.66. The summed E-state index contributed by atoms with van der Waals surface area (Å²) >= 11 is 0. The summed E-state index contributed by atoms with van der Waals surface area (Å²) in [4.78, 5) is 23.6. The highest BCUT2D eigenvalue weighted by Gasteiger charge is 2.23. The molecule has 0 aliphatic rings. The van der Waals surface area contributed by atoms with Crippen LogP contribution in [-0.2, 0) is 4.79 Å². The molecule has 1 aromatic carbocycles. The number of fused-ring (bicyclic) bond motifs is 1. The average molecular weight is 300 g/mol. The van der Waals surface area contributed by atoms with Gasteiger partial charge in [0.05, 0.1) is 11.6 Å². The third kappa shape index (κ3) is 2.35. The van der Waals surface area contributed by atoms with Gasteiger partial charge in [-0.3, -0.25) is 4.79 Å². The summed E-state index contributed by atoms with van der Waals surface area (Å²) < 4.78 is 16.2. The number of hydrogen-bond donors (Lipinski definition) is 1. The first kappa shape index (κ1) is 13.9. The van der Waals surface area contributed by atoms with Gasteiger partial charge < -0.3 is 18.7 Å². The summed E-state index contributed by atoms with van der Waals surface area (Å²) in [6.07, 6.45) is 0.229. The summed E-state index contributed by atoms with van der Waals surface area (Å²) in [6.45, 7) is 1.34. The number of para-hydroxylation sites is 1. The monoisotopic (exact) mass is 300 g/mol. The van der Waals surface area contributed by atoms with Gasteiger partial charge in [-0.05, 0) is 31.2 Å². The highest BCUT2D eigenvalue weighted by molar-refractivity contribution is 5.81. The molecule has 22 heavy (non-hydrogen) atoms. The number of carboxylic acids is 1. The van der Waals surface area contributed by atoms with Gasteiger partial charge in [0.15, 0.2) is 11.9 Å². The number of rotatable bonds is 4. The van der Waals surface area contributed by atoms with E-state index in [1.807, 2.05) is 0 Å². The van der Waals surface area contributed by atoms with Crippen LogP contribution in [0.4, 0.5) is 0 Å². The molecule has 112 valence electrons. The Morgan fingerprint density at radius 1 is 1.23 bits per heavy atom. The molecule has 0 spiro atoms. The molecular weight excluding hydrogens is 288 g/mol. The molecule has 6 heteroatoms. The second kappa shape index (κ2) is 5.40. The topological polar surface area (TPSA) is 89.9 Å². The molecule has 2 heterocycles. The van der Waals surface area contributed by atoms with Crippen LogP contribution in [0.5, 0.6) is 5.75 Å². The van der Waals surface area contributed by atoms with Crippen LogP contribution in [0.3, 0.4) is 0 Å². The van der Waals surface area contributed by atoms with Gasteiger partial charge in [0.25, 0.3) is 0 Å². The SMILES string of the molecule is C[C@H](Oc1c(-c2ccco2)oc2ccccc2c1=O)C(=O)O. The molecule has 0 unspecified atom stereocenters. The molecule has 0 fully saturated rings. The first-order valence-corrected chi connectivity index (χ1v) is 6.57. The van der Waals surface area contributed by atoms with Gasteiger partial charge in [0.1, 0.15) is 5.58 Å². The van der Waals surface area contributed by atoms with Gasteiger partial charge in [0, 0.05) is 0 Å². The predicted octanol–water partition coefficient (Wildman–Crippen LogP) is 2.90. The Morgan fingerprint density at radius 2 is 2.00 bits per heavy atom. The highest BCUT2D eigenvalue weighted by atomic mass is 16.5. The van der Waals surface area contributed by atoms with Crippen LogP contribution in [0, 0.1) is 0 Å². The smallest absolute Gasteiger partial charge is 0.344 e. The Labute approximate surface area is 124 Å². The fourth-order valence-corrected chi connectivity index (χ4v) is 2.03. The third-order valence-corrected chi connectivity index (χ3v) is 3.14. The number of ether oxygens (including phenoxy) is 1. The number of carboxylic acid groups (broad SMARTS) is 1. The predicted molar refractivity (Wildman–Crippen MR) is 77.9 cm³/mol. The molecule has 1 N–H and O–H groups in total. The van der Waals surface area contributed by atoms with E-state index in [0.717, 1.165) is 0 Å². The van der Waals surface area contributed by atoms with Gasteiger partial charge in [0.2, 0.25) is 16.9 Å². The zero-order chi connectivity index (χ0) is 15.7. The quantitative estimate of drug-likeness (QED) is 0.796. The van der Waals surface area contributed by atoms with Crippen LogP contribution < -0.4 is 10.2 Å². The average Bonchev–Trinajstić information content (AvgIpc) is 3.04. The lowest BCUT2D eigenvalue weighted by molar-refractivity contribution is -0.144. The Balaban J connectivity index is 2.26. The van der Waals surface area contributed by atoms with Crippen molar-refractivity contribution >= 4 is 16.9 Å². The van der Waals surface area contributed by atoms with Crippen molar-refractivity contribution in [3.8, 4) is 17.3 Å². The molecule has 0 bridgehead atoms. The third-order valence-electron chi connectivity index (χ3n) is 3.14. The molecule has 1 atom stereocenters. The Morgan fingerprint density at radius 3 is 2.68 bits per heavy atom. The molecule has 0 aliphatic heterocycles. The minimum atomic E-state index is -1.20. The van der Waals surface area contributed by atoms with E-state index in [1.54, 1.807) is 36.4 Å². The van der Waals surface area contributed by atoms with Crippen molar-refractivity contribution in [3.05, 3.63) is 52.9 Å². The lowest BCUT2D eigenvalue weighted by Gasteiger charge is -2.12. The van der Waals surface area contributed by atoms with Gasteiger partial charge in [-0.1, -0.05) is 12.1 Å². The molecule has 2 aromatic heterocycles. The van der Waals surface area contributed by atoms with Crippen molar-refractivity contribution < 1.29 is 23.5 Å². The maximum absolute atomic E-state index is 12.6. The normalized spacial score (nSPS) is 12.2. The number of hydrogen-bond acceptors (Lipinski definition) is 5. The van der Waals surface area contributed by atoms with E-state index in [0.29, 0.717) is 11.0 Å². The van der Waals surface area contributed by atoms with Crippen molar-refractivity contribution in [2.24, 2.45) is 0 Å². The molecule has 0 amide bonds. The molecule has 0 aliphatic carbocycles. The largest absolute Gasteiger partial charge is 0.479 e. The van der Waals surface area contributed by atoms with Crippen LogP contribution in [0.2, 0.25) is 0 Å². The first-order valence-electron chi connectivity index (χ1n) is 6.57. The summed E-state index contributed by atoms with van der Waals surface area (Å²) in [6, 6.07) is 9.90. The summed E-state index contributed by atoms with van der Waals surface area (Å²) in [5, 5.41) is 9.30. The number of furan rings is 1. The number of aliphatic carboxylic acids is 1. The van der Waals surface area contributed by atoms with Crippen LogP contribution in [-0.4, -0.2) is 17.2 Å². The van der Waals surface area contributed by atoms with Gasteiger partial charge in [-0.25, -0.2) is 4.79 Å². The Bertz CT molecular complexity index is 875. The summed E-state index contributed by atoms with van der Waals surface area (Å²) in [7, 11) is 0. The Kier molecular flexibility index (Phi) is 3.42. The molecule has 0 saturated carbocycles. The minimum absolute atomic E-state index is 0.0711. The fourth-order valence-electron chi connectivity index (χ4n) is 2.03. The molecular formula is C16H12O6. The maximum Gasteiger partial charge on any atom is 0.344 e. The van der Waals surface area contributed by atoms with Crippen molar-refractivity contribution in [3.63, 3.8) is 0 Å². The van der Waals surface area contributed by atoms with Crippen LogP contribution >= 0.6 is 0 Å². The van der Waals surface area contributed by atoms with E-state index in [9.17, 15) is 9.59 Å². The first-order chi connectivity index (χ1) is 10.6. The molecule has 0 radical (unpaired) electrons. The maximum atomic E-state index is 12.6. The fraction of sp³-hybridized carbons (Fsp3) is 0.125. The Hall–Kier alpha value is -3.02. The van der Waals surface area contributed by atoms with E-state index in [1.165, 1.54) is 13.2 Å². The minimum Gasteiger partial charge on any atom is -0.479 e. The second-order valence-electron chi connectivity index (χ2n) is 4.66. The van der Waals surface area contributed by atoms with E-state index in [4.69, 9.17) is 18.7 Å². The van der Waals surface area contributed by atoms with Crippen molar-refractivity contribution in [1.82, 2.24) is 0 Å². The van der Waals surface area contributed by atoms with Crippen LogP contribution in [0.25, 0.3) is 22.5 Å². The lowest BCUT2D eigenvalue weighted by atomic mass is 10.2. The molecule has 3 aromatic rings. The molecule has 6 nitrogen and oxygen atoms in total. The molecule has 3 rings (SSSR count). The summed E-state index contributed by atoms with van der Waals surface area (Å²) in [5.74, 6) is -1.00. The standard InChI is InChI=1S/C16H12O6/c1-9(16(18)19)21-15-13(17)10-5-2-3-6-11(10)22-14(15)12-7-4-8-20-12/h2-9H,1H3,(H,18,19)/t9-/m0/s1. The van der Waals surface area contributed by atoms with E-state index in [-0.39, 0.29) is 17.3 Å². The van der Waals surface area contributed by atoms with Crippen molar-refractivity contribution in [2.45, 2.75) is 13.0 Å². The van der Waals surface area contributed by atoms with Gasteiger partial charge in [-0.15, -0.1) is 0 Å². The molecule has 0 saturated heterocycles. The zero-order valence-electron chi connectivity index (χ0n) is 11.6. The highest BCUT2D eigenvalue weighted by Crippen LogP contribution is 2.31. The number of benzene rings is 1. The number of carbonyl (C=O) groups is 1. The van der Waals surface area contributed by atoms with E-state index < -0.39 is 17.5 Å². The van der Waals surface area contributed by atoms with Crippen molar-refractivity contribution in [1.29, 1.82) is 0 Å². The lowest BCUT2D eigenvalue weighted by Crippen LogP contribution is -2.26. The van der Waals surface area contributed by atoms with Crippen LogP contribution in [0.1, 0.15) is 6.92 Å². The van der Waals surface area contributed by atoms with Crippen LogP contribution in [0.15, 0.2) is 56.3 Å². The van der Waals surface area contributed by atoms with Gasteiger partial charge >= 0.3 is 5.97 Å². The zero-order valence-corrected chi connectivity index (χ0v) is 11.6. The summed E-state index contributed by atoms with van der Waals surface area (Å²) in [5.41, 5.74) is -0.0735. The van der Waals surface area contributed by atoms with Crippen molar-refractivity contribution in [2.75, 3.05) is 0 Å². The van der Waals surface area contributed by atoms with Gasteiger partial charge in [-0.2, -0.15) is 0 Å².